The van der Waals surface area contributed by atoms with Crippen LogP contribution in [-0.4, -0.2) is 36.1 Å². The second-order valence-electron chi connectivity index (χ2n) is 8.95. The van der Waals surface area contributed by atoms with E-state index in [0.29, 0.717) is 5.92 Å². The first-order chi connectivity index (χ1) is 14.1. The monoisotopic (exact) mass is 398 g/mol. The Morgan fingerprint density at radius 3 is 2.79 bits per heavy atom. The molecule has 2 aliphatic rings. The summed E-state index contributed by atoms with van der Waals surface area (Å²) in [7, 11) is 0. The molecule has 4 heteroatoms. The third-order valence-electron chi connectivity index (χ3n) is 6.77. The lowest BCUT2D eigenvalue weighted by Gasteiger charge is -2.38. The van der Waals surface area contributed by atoms with Gasteiger partial charge >= 0.3 is 0 Å². The fourth-order valence-corrected chi connectivity index (χ4v) is 4.70. The number of likely N-dealkylation sites (tertiary alicyclic amines) is 1. The van der Waals surface area contributed by atoms with E-state index in [4.69, 9.17) is 0 Å². The highest BCUT2D eigenvalue weighted by atomic mass is 15.1. The Labute approximate surface area is 179 Å². The summed E-state index contributed by atoms with van der Waals surface area (Å²) >= 11 is 0. The molecule has 2 saturated heterocycles. The summed E-state index contributed by atoms with van der Waals surface area (Å²) < 4.78 is 0. The lowest BCUT2D eigenvalue weighted by molar-refractivity contribution is 0.220. The van der Waals surface area contributed by atoms with E-state index < -0.39 is 0 Å². The van der Waals surface area contributed by atoms with Crippen LogP contribution >= 0.6 is 0 Å². The summed E-state index contributed by atoms with van der Waals surface area (Å²) in [6.45, 7) is 17.7. The molecule has 0 spiro atoms. The maximum absolute atomic E-state index is 4.47. The van der Waals surface area contributed by atoms with E-state index in [1.54, 1.807) is 0 Å². The number of rotatable bonds is 9. The summed E-state index contributed by atoms with van der Waals surface area (Å²) in [4.78, 5) is 6.99. The maximum Gasteiger partial charge on any atom is 0.0523 e. The summed E-state index contributed by atoms with van der Waals surface area (Å²) in [5.74, 6) is 1.37. The molecule has 2 fully saturated rings. The number of piperidine rings is 2. The van der Waals surface area contributed by atoms with Gasteiger partial charge in [-0.15, -0.1) is 0 Å². The number of hydrogen-bond donors (Lipinski definition) is 2. The Kier molecular flexibility index (Phi) is 8.17. The van der Waals surface area contributed by atoms with Crippen LogP contribution in [0.1, 0.15) is 70.6 Å². The number of nitrogens with one attached hydrogen (secondary N) is 2. The quantitative estimate of drug-likeness (QED) is 0.600. The molecule has 4 nitrogen and oxygen atoms in total. The molecule has 2 N–H and O–H groups in total. The average Bonchev–Trinajstić information content (AvgIpc) is 2.77. The van der Waals surface area contributed by atoms with Crippen LogP contribution < -0.4 is 10.6 Å². The molecule has 0 aromatic carbocycles. The summed E-state index contributed by atoms with van der Waals surface area (Å²) in [5, 5.41) is 7.18. The third-order valence-corrected chi connectivity index (χ3v) is 6.77. The smallest absolute Gasteiger partial charge is 0.0523 e. The van der Waals surface area contributed by atoms with Crippen LogP contribution in [-0.2, 0) is 0 Å². The number of nitrogens with zero attached hydrogens (tertiary/aromatic N) is 2. The highest BCUT2D eigenvalue weighted by molar-refractivity contribution is 5.19. The highest BCUT2D eigenvalue weighted by Crippen LogP contribution is 2.29. The molecule has 2 atom stereocenters. The fraction of sp³-hybridized carbons (Fsp3) is 0.640. The van der Waals surface area contributed by atoms with Gasteiger partial charge in [0.25, 0.3) is 0 Å². The minimum Gasteiger partial charge on any atom is -0.382 e. The number of allylic oxidation sites excluding steroid dienone is 1. The van der Waals surface area contributed by atoms with Crippen molar-refractivity contribution in [1.82, 2.24) is 20.5 Å². The molecule has 0 saturated carbocycles. The van der Waals surface area contributed by atoms with Crippen LogP contribution in [0.4, 0.5) is 0 Å². The first-order valence-electron chi connectivity index (χ1n) is 11.6. The molecule has 1 aromatic heterocycles. The molecule has 3 rings (SSSR count). The number of aryl methyl sites for hydroxylation is 1. The number of aromatic nitrogens is 1. The van der Waals surface area contributed by atoms with Gasteiger partial charge in [0, 0.05) is 43.7 Å². The lowest BCUT2D eigenvalue weighted by atomic mass is 9.91. The van der Waals surface area contributed by atoms with Gasteiger partial charge in [-0.3, -0.25) is 4.98 Å². The van der Waals surface area contributed by atoms with Gasteiger partial charge in [0.05, 0.1) is 6.04 Å². The van der Waals surface area contributed by atoms with Crippen molar-refractivity contribution in [2.75, 3.05) is 26.2 Å². The van der Waals surface area contributed by atoms with Crippen molar-refractivity contribution in [1.29, 1.82) is 0 Å². The first kappa shape index (κ1) is 21.9. The Bertz CT molecular complexity index is 666. The number of pyridine rings is 1. The highest BCUT2D eigenvalue weighted by Gasteiger charge is 2.25. The van der Waals surface area contributed by atoms with E-state index in [-0.39, 0.29) is 7.47 Å². The van der Waals surface area contributed by atoms with E-state index in [1.165, 1.54) is 62.2 Å². The van der Waals surface area contributed by atoms with Gasteiger partial charge in [-0.2, -0.15) is 0 Å². The molecule has 2 unspecified atom stereocenters. The second kappa shape index (κ2) is 10.8. The summed E-state index contributed by atoms with van der Waals surface area (Å²) in [5.41, 5.74) is 4.82. The predicted molar refractivity (Wildman–Crippen MR) is 125 cm³/mol. The zero-order valence-corrected chi connectivity index (χ0v) is 18.6. The molecule has 0 amide bonds. The SMILES string of the molecule is C=C(NC(CC)c1ccc(C)nc1)C1CCCN(C(=C)CCC2CCNCC2)C1.[HH]. The molecular weight excluding hydrogens is 356 g/mol. The van der Waals surface area contributed by atoms with Gasteiger partial charge in [0.2, 0.25) is 0 Å². The number of hydrogen-bond acceptors (Lipinski definition) is 4. The Hall–Kier alpha value is -1.81. The minimum atomic E-state index is 0. The minimum absolute atomic E-state index is 0. The fourth-order valence-electron chi connectivity index (χ4n) is 4.70. The van der Waals surface area contributed by atoms with Crippen LogP contribution in [0, 0.1) is 18.8 Å². The zero-order chi connectivity index (χ0) is 20.6. The van der Waals surface area contributed by atoms with E-state index in [9.17, 15) is 0 Å². The van der Waals surface area contributed by atoms with Gasteiger partial charge in [-0.05, 0) is 82.5 Å². The van der Waals surface area contributed by atoms with Gasteiger partial charge < -0.3 is 15.5 Å². The first-order valence-corrected chi connectivity index (χ1v) is 11.6. The van der Waals surface area contributed by atoms with Crippen LogP contribution in [0.2, 0.25) is 0 Å². The lowest BCUT2D eigenvalue weighted by Crippen LogP contribution is -2.38. The molecule has 0 aliphatic carbocycles. The summed E-state index contributed by atoms with van der Waals surface area (Å²) in [6, 6.07) is 4.57. The normalized spacial score (nSPS) is 21.6. The molecule has 3 heterocycles. The topological polar surface area (TPSA) is 40.2 Å². The standard InChI is InChI=1S/C25H40N4.H2/c1-5-25(23-11-8-19(2)27-17-23)28-21(4)24-7-6-16-29(18-24)20(3)9-10-22-12-14-26-15-13-22;/h8,11,17,22,24-26,28H,3-7,9-10,12-16,18H2,1-2H3;1H. The van der Waals surface area contributed by atoms with Crippen molar-refractivity contribution in [2.45, 2.75) is 64.8 Å². The van der Waals surface area contributed by atoms with Crippen LogP contribution in [0.5, 0.6) is 0 Å². The summed E-state index contributed by atoms with van der Waals surface area (Å²) in [6.07, 6.45) is 10.5. The maximum atomic E-state index is 4.47. The molecule has 1 aromatic rings. The molecule has 29 heavy (non-hydrogen) atoms. The van der Waals surface area contributed by atoms with Crippen molar-refractivity contribution in [3.63, 3.8) is 0 Å². The van der Waals surface area contributed by atoms with Gasteiger partial charge in [-0.25, -0.2) is 0 Å². The van der Waals surface area contributed by atoms with E-state index >= 15 is 0 Å². The van der Waals surface area contributed by atoms with E-state index in [2.05, 4.69) is 52.7 Å². The Morgan fingerprint density at radius 1 is 1.31 bits per heavy atom. The molecule has 0 bridgehead atoms. The molecule has 2 aliphatic heterocycles. The van der Waals surface area contributed by atoms with Crippen molar-refractivity contribution >= 4 is 0 Å². The average molecular weight is 399 g/mol. The predicted octanol–water partition coefficient (Wildman–Crippen LogP) is 5.20. The van der Waals surface area contributed by atoms with Crippen LogP contribution in [0.15, 0.2) is 42.9 Å². The molecule has 162 valence electrons. The Balaban J connectivity index is 0.00000320. The van der Waals surface area contributed by atoms with Gasteiger partial charge in [0.1, 0.15) is 0 Å². The molecule has 0 radical (unpaired) electrons. The van der Waals surface area contributed by atoms with Crippen molar-refractivity contribution < 1.29 is 1.43 Å². The third kappa shape index (κ3) is 6.33. The van der Waals surface area contributed by atoms with Gasteiger partial charge in [-0.1, -0.05) is 26.1 Å². The van der Waals surface area contributed by atoms with Crippen molar-refractivity contribution in [3.05, 3.63) is 54.1 Å². The Morgan fingerprint density at radius 2 is 2.10 bits per heavy atom. The second-order valence-corrected chi connectivity index (χ2v) is 8.95. The van der Waals surface area contributed by atoms with Crippen LogP contribution in [0.25, 0.3) is 0 Å². The van der Waals surface area contributed by atoms with Crippen molar-refractivity contribution in [2.24, 2.45) is 11.8 Å². The van der Waals surface area contributed by atoms with E-state index in [0.717, 1.165) is 37.5 Å². The van der Waals surface area contributed by atoms with Crippen molar-refractivity contribution in [3.8, 4) is 0 Å². The largest absolute Gasteiger partial charge is 0.382 e. The van der Waals surface area contributed by atoms with Gasteiger partial charge in [0.15, 0.2) is 0 Å². The molecular formula is C25H42N4. The van der Waals surface area contributed by atoms with Crippen LogP contribution in [0.3, 0.4) is 0 Å². The zero-order valence-electron chi connectivity index (χ0n) is 18.6. The van der Waals surface area contributed by atoms with E-state index in [1.807, 2.05) is 13.1 Å².